The molecule has 0 amide bonds. The Kier molecular flexibility index (Phi) is 8.23. The lowest BCUT2D eigenvalue weighted by atomic mass is 9.70. The highest BCUT2D eigenvalue weighted by Crippen LogP contribution is 2.63. The van der Waals surface area contributed by atoms with Crippen molar-refractivity contribution in [2.45, 2.75) is 12.0 Å². The molecule has 0 saturated carbocycles. The Bertz CT molecular complexity index is 3500. The Morgan fingerprint density at radius 3 is 1.45 bits per heavy atom. The van der Waals surface area contributed by atoms with Gasteiger partial charge in [-0.1, -0.05) is 200 Å². The molecule has 0 radical (unpaired) electrons. The fourth-order valence-electron chi connectivity index (χ4n) is 10.9. The molecule has 0 atom stereocenters. The summed E-state index contributed by atoms with van der Waals surface area (Å²) in [6.45, 7) is 0.708. The molecular formula is C62H41NO. The average molecular weight is 816 g/mol. The average Bonchev–Trinajstić information content (AvgIpc) is 4.00. The highest BCUT2D eigenvalue weighted by molar-refractivity contribution is 6.09. The van der Waals surface area contributed by atoms with E-state index in [4.69, 9.17) is 4.42 Å². The van der Waals surface area contributed by atoms with Gasteiger partial charge in [0.15, 0.2) is 0 Å². The number of furan rings is 1. The molecule has 0 fully saturated rings. The number of benzene rings is 10. The lowest BCUT2D eigenvalue weighted by Gasteiger charge is -2.30. The van der Waals surface area contributed by atoms with E-state index in [1.165, 1.54) is 72.3 Å². The summed E-state index contributed by atoms with van der Waals surface area (Å²) >= 11 is 0. The van der Waals surface area contributed by atoms with E-state index in [9.17, 15) is 0 Å². The Hall–Kier alpha value is -8.20. The molecule has 0 saturated heterocycles. The van der Waals surface area contributed by atoms with Crippen LogP contribution in [0.5, 0.6) is 0 Å². The van der Waals surface area contributed by atoms with Gasteiger partial charge in [-0.25, -0.2) is 0 Å². The molecule has 2 aliphatic carbocycles. The zero-order valence-electron chi connectivity index (χ0n) is 35.1. The van der Waals surface area contributed by atoms with E-state index in [1.54, 1.807) is 0 Å². The standard InChI is InChI=1S/C62H41NO/c1-2-13-42(14-3-1)43-29-34-47(35-30-43)63(48-36-31-45(32-37-48)49-19-12-20-55-54-18-7-11-24-60(54)64-61(49)55)40-41-25-27-44(28-26-41)46-33-38-53-52-17-6-10-23-58(52)62(59(53)39-46)56-21-8-4-15-50(56)51-16-5-9-22-57(51)62/h1-39H,40H2. The predicted molar refractivity (Wildman–Crippen MR) is 265 cm³/mol. The summed E-state index contributed by atoms with van der Waals surface area (Å²) in [5.41, 5.74) is 22.8. The van der Waals surface area contributed by atoms with Gasteiger partial charge in [0.25, 0.3) is 0 Å². The second kappa shape index (κ2) is 14.4. The lowest BCUT2D eigenvalue weighted by Crippen LogP contribution is -2.25. The molecule has 1 aromatic heterocycles. The molecule has 300 valence electrons. The molecule has 2 aliphatic rings. The van der Waals surface area contributed by atoms with Crippen LogP contribution in [0, 0.1) is 0 Å². The molecule has 0 unspecified atom stereocenters. The number of hydrogen-bond donors (Lipinski definition) is 0. The molecule has 2 nitrogen and oxygen atoms in total. The Labute approximate surface area is 373 Å². The molecule has 0 aliphatic heterocycles. The third-order valence-electron chi connectivity index (χ3n) is 13.8. The number of hydrogen-bond acceptors (Lipinski definition) is 2. The van der Waals surface area contributed by atoms with Crippen molar-refractivity contribution >= 4 is 33.3 Å². The van der Waals surface area contributed by atoms with Crippen LogP contribution in [0.4, 0.5) is 11.4 Å². The van der Waals surface area contributed by atoms with Crippen molar-refractivity contribution in [2.24, 2.45) is 0 Å². The minimum atomic E-state index is -0.361. The van der Waals surface area contributed by atoms with Gasteiger partial charge in [-0.3, -0.25) is 0 Å². The molecule has 11 aromatic rings. The van der Waals surface area contributed by atoms with Crippen LogP contribution in [-0.2, 0) is 12.0 Å². The third-order valence-corrected chi connectivity index (χ3v) is 13.8. The van der Waals surface area contributed by atoms with E-state index in [1.807, 2.05) is 12.1 Å². The van der Waals surface area contributed by atoms with E-state index in [0.29, 0.717) is 6.54 Å². The summed E-state index contributed by atoms with van der Waals surface area (Å²) in [6, 6.07) is 86.6. The lowest BCUT2D eigenvalue weighted by molar-refractivity contribution is 0.670. The van der Waals surface area contributed by atoms with E-state index in [-0.39, 0.29) is 5.41 Å². The molecule has 0 bridgehead atoms. The number of para-hydroxylation sites is 2. The third kappa shape index (κ3) is 5.52. The van der Waals surface area contributed by atoms with Gasteiger partial charge >= 0.3 is 0 Å². The van der Waals surface area contributed by atoms with Crippen LogP contribution in [0.2, 0.25) is 0 Å². The predicted octanol–water partition coefficient (Wildman–Crippen LogP) is 16.3. The molecular weight excluding hydrogens is 775 g/mol. The van der Waals surface area contributed by atoms with E-state index < -0.39 is 0 Å². The maximum Gasteiger partial charge on any atom is 0.143 e. The maximum atomic E-state index is 6.43. The first kappa shape index (κ1) is 36.5. The molecule has 64 heavy (non-hydrogen) atoms. The van der Waals surface area contributed by atoms with Crippen LogP contribution < -0.4 is 4.90 Å². The van der Waals surface area contributed by atoms with Crippen LogP contribution >= 0.6 is 0 Å². The second-order valence-electron chi connectivity index (χ2n) is 17.2. The van der Waals surface area contributed by atoms with Crippen molar-refractivity contribution in [1.29, 1.82) is 0 Å². The van der Waals surface area contributed by atoms with Gasteiger partial charge in [0, 0.05) is 34.3 Å². The Morgan fingerprint density at radius 2 is 0.797 bits per heavy atom. The summed E-state index contributed by atoms with van der Waals surface area (Å²) in [7, 11) is 0. The van der Waals surface area contributed by atoms with Gasteiger partial charge in [0.2, 0.25) is 0 Å². The van der Waals surface area contributed by atoms with E-state index >= 15 is 0 Å². The van der Waals surface area contributed by atoms with Crippen LogP contribution in [-0.4, -0.2) is 0 Å². The van der Waals surface area contributed by atoms with Gasteiger partial charge in [0.05, 0.1) is 5.41 Å². The van der Waals surface area contributed by atoms with Crippen LogP contribution in [0.3, 0.4) is 0 Å². The molecule has 13 rings (SSSR count). The highest BCUT2D eigenvalue weighted by atomic mass is 16.3. The van der Waals surface area contributed by atoms with Crippen molar-refractivity contribution in [1.82, 2.24) is 0 Å². The molecule has 0 N–H and O–H groups in total. The number of fused-ring (bicyclic) bond motifs is 13. The fourth-order valence-corrected chi connectivity index (χ4v) is 10.9. The normalized spacial score (nSPS) is 12.9. The summed E-state index contributed by atoms with van der Waals surface area (Å²) in [5.74, 6) is 0. The van der Waals surface area contributed by atoms with Crippen molar-refractivity contribution in [3.05, 3.63) is 264 Å². The minimum absolute atomic E-state index is 0.361. The Morgan fingerprint density at radius 1 is 0.328 bits per heavy atom. The summed E-state index contributed by atoms with van der Waals surface area (Å²) in [4.78, 5) is 2.42. The quantitative estimate of drug-likeness (QED) is 0.159. The maximum absolute atomic E-state index is 6.43. The van der Waals surface area contributed by atoms with Gasteiger partial charge in [-0.05, 0) is 114 Å². The first-order valence-corrected chi connectivity index (χ1v) is 22.2. The molecule has 2 heteroatoms. The smallest absolute Gasteiger partial charge is 0.143 e. The largest absolute Gasteiger partial charge is 0.455 e. The van der Waals surface area contributed by atoms with Crippen LogP contribution in [0.1, 0.15) is 27.8 Å². The van der Waals surface area contributed by atoms with Crippen LogP contribution in [0.15, 0.2) is 241 Å². The first-order chi connectivity index (χ1) is 31.7. The molecule has 1 heterocycles. The topological polar surface area (TPSA) is 16.4 Å². The zero-order valence-corrected chi connectivity index (χ0v) is 35.1. The van der Waals surface area contributed by atoms with Crippen molar-refractivity contribution in [2.75, 3.05) is 4.90 Å². The summed E-state index contributed by atoms with van der Waals surface area (Å²) < 4.78 is 6.43. The minimum Gasteiger partial charge on any atom is -0.455 e. The number of anilines is 2. The monoisotopic (exact) mass is 815 g/mol. The fraction of sp³-hybridized carbons (Fsp3) is 0.0323. The van der Waals surface area contributed by atoms with Gasteiger partial charge in [-0.2, -0.15) is 0 Å². The van der Waals surface area contributed by atoms with Crippen LogP contribution in [0.25, 0.3) is 77.6 Å². The summed E-state index contributed by atoms with van der Waals surface area (Å²) in [6.07, 6.45) is 0. The van der Waals surface area contributed by atoms with Gasteiger partial charge in [0.1, 0.15) is 11.2 Å². The highest BCUT2D eigenvalue weighted by Gasteiger charge is 2.51. The molecule has 1 spiro atoms. The van der Waals surface area contributed by atoms with E-state index in [0.717, 1.165) is 44.4 Å². The SMILES string of the molecule is c1ccc(-c2ccc(N(Cc3ccc(-c4ccc5c(c4)C4(c6ccccc6-c6ccccc64)c4ccccc4-5)cc3)c3ccc(-c4cccc5c4oc4ccccc45)cc3)cc2)cc1. The van der Waals surface area contributed by atoms with Crippen molar-refractivity contribution in [3.63, 3.8) is 0 Å². The molecule has 10 aromatic carbocycles. The van der Waals surface area contributed by atoms with Crippen molar-refractivity contribution < 1.29 is 4.42 Å². The Balaban J connectivity index is 0.864. The number of rotatable bonds is 7. The zero-order chi connectivity index (χ0) is 42.2. The summed E-state index contributed by atoms with van der Waals surface area (Å²) in [5, 5.41) is 2.28. The van der Waals surface area contributed by atoms with Crippen molar-refractivity contribution in [3.8, 4) is 55.6 Å². The van der Waals surface area contributed by atoms with Gasteiger partial charge in [-0.15, -0.1) is 0 Å². The number of nitrogens with zero attached hydrogens (tertiary/aromatic N) is 1. The first-order valence-electron chi connectivity index (χ1n) is 22.2. The second-order valence-corrected chi connectivity index (χ2v) is 17.2. The van der Waals surface area contributed by atoms with Gasteiger partial charge < -0.3 is 9.32 Å². The van der Waals surface area contributed by atoms with E-state index in [2.05, 4.69) is 229 Å².